The number of benzene rings is 5. The van der Waals surface area contributed by atoms with Crippen LogP contribution in [0.4, 0.5) is 0 Å². The third kappa shape index (κ3) is 11.9. The first kappa shape index (κ1) is 50.5. The van der Waals surface area contributed by atoms with Gasteiger partial charge < -0.3 is 0 Å². The van der Waals surface area contributed by atoms with Gasteiger partial charge in [-0.3, -0.25) is 9.56 Å². The van der Waals surface area contributed by atoms with Crippen LogP contribution in [-0.2, 0) is 6.42 Å². The largest absolute Gasteiger partial charge is 0.297 e. The van der Waals surface area contributed by atoms with E-state index in [9.17, 15) is 0 Å². The minimum atomic E-state index is 0.492. The SMILES string of the molecule is C=C/C=C\C(=C/C)C(=NC/C(C)=C/C=C\C1=Cc2cc(-c3cccc(-c4nc(/C(C)=C/C)nc(-c5ccccc5)n4)c3)ccc2C1)N=C(C)n1c2ccccc2c2cc(C(/C=C\C)=C/C=C)ccc21.CC. The Morgan fingerprint density at radius 2 is 1.38 bits per heavy atom. The van der Waals surface area contributed by atoms with Gasteiger partial charge >= 0.3 is 0 Å². The molecule has 6 heteroatoms. The van der Waals surface area contributed by atoms with E-state index in [1.54, 1.807) is 6.08 Å². The van der Waals surface area contributed by atoms with E-state index in [1.807, 2.05) is 108 Å². The van der Waals surface area contributed by atoms with Crippen LogP contribution in [-0.4, -0.2) is 37.7 Å². The molecular weight excluding hydrogens is 865 g/mol. The molecule has 0 aliphatic heterocycles. The topological polar surface area (TPSA) is 68.3 Å². The van der Waals surface area contributed by atoms with Crippen molar-refractivity contribution in [2.24, 2.45) is 9.98 Å². The van der Waals surface area contributed by atoms with Crippen molar-refractivity contribution < 1.29 is 0 Å². The number of hydrogen-bond acceptors (Lipinski definition) is 4. The van der Waals surface area contributed by atoms with E-state index in [2.05, 4.69) is 153 Å². The summed E-state index contributed by atoms with van der Waals surface area (Å²) in [6.45, 7) is 24.6. The molecule has 1 aliphatic rings. The Bertz CT molecular complexity index is 3410. The van der Waals surface area contributed by atoms with E-state index in [-0.39, 0.29) is 0 Å². The van der Waals surface area contributed by atoms with Gasteiger partial charge in [-0.05, 0) is 123 Å². The van der Waals surface area contributed by atoms with Crippen LogP contribution in [0.2, 0.25) is 0 Å². The van der Waals surface area contributed by atoms with Crippen molar-refractivity contribution in [3.63, 3.8) is 0 Å². The number of amidine groups is 1. The number of nitrogens with zero attached hydrogens (tertiary/aromatic N) is 6. The number of fused-ring (bicyclic) bond motifs is 4. The van der Waals surface area contributed by atoms with Crippen molar-refractivity contribution in [1.29, 1.82) is 0 Å². The third-order valence-corrected chi connectivity index (χ3v) is 12.2. The summed E-state index contributed by atoms with van der Waals surface area (Å²) in [6.07, 6.45) is 27.5. The van der Waals surface area contributed by atoms with Crippen LogP contribution >= 0.6 is 0 Å². The normalized spacial score (nSPS) is 13.9. The summed E-state index contributed by atoms with van der Waals surface area (Å²) in [5.41, 5.74) is 15.4. The number of aromatic nitrogens is 4. The monoisotopic (exact) mass is 929 g/mol. The standard InChI is InChI=1S/C63H58N6.C2H6/c1-9-14-26-47(13-5)61(65-45(8)69-58-32-19-18-31-56(58)57-41-53(35-36-59(57)69)48(22-10-2)23-11-3)64-42-43(6)24-20-25-46-37-51-33-34-52(40-55(51)38-46)50-29-21-30-54(39-50)63-67-60(44(7)12-4)66-62(68-63)49-27-16-15-17-28-49;1-2/h9-36,38-41H,1-2,37,42H2,3-8H3;1-2H3/b23-11-,25-20-,26-14-,43-24+,44-12+,47-13+,48-22+,64-61?,65-45?;. The molecule has 0 saturated carbocycles. The Hall–Kier alpha value is -8.35. The molecule has 0 spiro atoms. The molecule has 6 nitrogen and oxygen atoms in total. The van der Waals surface area contributed by atoms with Gasteiger partial charge in [0.05, 0.1) is 17.6 Å². The lowest BCUT2D eigenvalue weighted by atomic mass is 9.99. The van der Waals surface area contributed by atoms with Gasteiger partial charge in [-0.15, -0.1) is 0 Å². The Morgan fingerprint density at radius 3 is 2.13 bits per heavy atom. The average Bonchev–Trinajstić information content (AvgIpc) is 3.98. The van der Waals surface area contributed by atoms with Crippen LogP contribution in [0.5, 0.6) is 0 Å². The van der Waals surface area contributed by atoms with E-state index in [0.29, 0.717) is 29.9 Å². The lowest BCUT2D eigenvalue weighted by Gasteiger charge is -2.10. The Kier molecular flexibility index (Phi) is 17.3. The Balaban J connectivity index is 0.00000366. The fourth-order valence-corrected chi connectivity index (χ4v) is 8.52. The molecule has 71 heavy (non-hydrogen) atoms. The van der Waals surface area contributed by atoms with Gasteiger partial charge in [0.2, 0.25) is 0 Å². The van der Waals surface area contributed by atoms with Gasteiger partial charge in [-0.1, -0.05) is 196 Å². The van der Waals surface area contributed by atoms with Gasteiger partial charge in [0, 0.05) is 27.5 Å². The summed E-state index contributed by atoms with van der Waals surface area (Å²) in [4.78, 5) is 25.0. The van der Waals surface area contributed by atoms with Crippen molar-refractivity contribution in [3.8, 4) is 33.9 Å². The summed E-state index contributed by atoms with van der Waals surface area (Å²) >= 11 is 0. The molecule has 0 bridgehead atoms. The second-order valence-electron chi connectivity index (χ2n) is 17.0. The highest BCUT2D eigenvalue weighted by atomic mass is 15.1. The van der Waals surface area contributed by atoms with Crippen LogP contribution in [0.25, 0.3) is 72.9 Å². The maximum Gasteiger partial charge on any atom is 0.164 e. The fraction of sp³-hybridized carbons (Fsp3) is 0.154. The van der Waals surface area contributed by atoms with Gasteiger partial charge in [-0.25, -0.2) is 19.9 Å². The zero-order valence-electron chi connectivity index (χ0n) is 42.5. The molecule has 8 rings (SSSR count). The van der Waals surface area contributed by atoms with Crippen molar-refractivity contribution >= 4 is 50.7 Å². The quantitative estimate of drug-likeness (QED) is 0.0620. The van der Waals surface area contributed by atoms with Crippen molar-refractivity contribution in [2.45, 2.75) is 61.8 Å². The minimum Gasteiger partial charge on any atom is -0.297 e. The predicted octanol–water partition coefficient (Wildman–Crippen LogP) is 17.1. The Morgan fingerprint density at radius 1 is 0.662 bits per heavy atom. The first-order valence-electron chi connectivity index (χ1n) is 24.5. The second kappa shape index (κ2) is 24.3. The number of para-hydroxylation sites is 1. The molecule has 0 unspecified atom stereocenters. The highest BCUT2D eigenvalue weighted by molar-refractivity contribution is 6.17. The molecule has 0 N–H and O–H groups in total. The number of hydrogen-bond donors (Lipinski definition) is 0. The number of aliphatic imine (C=N–C) groups is 2. The number of rotatable bonds is 14. The highest BCUT2D eigenvalue weighted by Crippen LogP contribution is 2.34. The van der Waals surface area contributed by atoms with E-state index < -0.39 is 0 Å². The van der Waals surface area contributed by atoms with Gasteiger partial charge in [-0.2, -0.15) is 0 Å². The molecule has 5 aromatic carbocycles. The summed E-state index contributed by atoms with van der Waals surface area (Å²) in [6, 6.07) is 40.4. The fourth-order valence-electron chi connectivity index (χ4n) is 8.52. The summed E-state index contributed by atoms with van der Waals surface area (Å²) < 4.78 is 2.24. The van der Waals surface area contributed by atoms with Crippen molar-refractivity contribution in [2.75, 3.05) is 6.54 Å². The zero-order chi connectivity index (χ0) is 50.3. The second-order valence-corrected chi connectivity index (χ2v) is 17.0. The lowest BCUT2D eigenvalue weighted by molar-refractivity contribution is 1.03. The maximum absolute atomic E-state index is 5.25. The third-order valence-electron chi connectivity index (χ3n) is 12.2. The molecule has 0 radical (unpaired) electrons. The van der Waals surface area contributed by atoms with Crippen LogP contribution in [0, 0.1) is 0 Å². The van der Waals surface area contributed by atoms with Crippen molar-refractivity contribution in [3.05, 3.63) is 241 Å². The first-order valence-corrected chi connectivity index (χ1v) is 24.5. The lowest BCUT2D eigenvalue weighted by Crippen LogP contribution is -2.12. The highest BCUT2D eigenvalue weighted by Gasteiger charge is 2.17. The summed E-state index contributed by atoms with van der Waals surface area (Å²) in [5, 5.41) is 2.33. The number of allylic oxidation sites excluding steroid dienone is 14. The molecule has 2 heterocycles. The summed E-state index contributed by atoms with van der Waals surface area (Å²) in [7, 11) is 0. The molecule has 0 amide bonds. The van der Waals surface area contributed by atoms with Crippen LogP contribution in [0.15, 0.2) is 228 Å². The van der Waals surface area contributed by atoms with Crippen LogP contribution in [0.1, 0.15) is 77.9 Å². The van der Waals surface area contributed by atoms with E-state index in [1.165, 1.54) is 22.1 Å². The molecule has 0 atom stereocenters. The average molecular weight is 929 g/mol. The van der Waals surface area contributed by atoms with Gasteiger partial charge in [0.1, 0.15) is 5.84 Å². The summed E-state index contributed by atoms with van der Waals surface area (Å²) in [5.74, 6) is 3.48. The predicted molar refractivity (Wildman–Crippen MR) is 308 cm³/mol. The molecule has 0 saturated heterocycles. The molecular formula is C65H64N6. The molecule has 7 aromatic rings. The van der Waals surface area contributed by atoms with E-state index in [0.717, 1.165) is 78.8 Å². The van der Waals surface area contributed by atoms with E-state index in [4.69, 9.17) is 24.9 Å². The van der Waals surface area contributed by atoms with Crippen molar-refractivity contribution in [1.82, 2.24) is 19.5 Å². The van der Waals surface area contributed by atoms with Crippen LogP contribution in [0.3, 0.4) is 0 Å². The smallest absolute Gasteiger partial charge is 0.164 e. The first-order chi connectivity index (χ1) is 34.7. The van der Waals surface area contributed by atoms with Gasteiger partial charge in [0.25, 0.3) is 0 Å². The van der Waals surface area contributed by atoms with E-state index >= 15 is 0 Å². The molecule has 0 fully saturated rings. The molecule has 1 aliphatic carbocycles. The maximum atomic E-state index is 5.25. The minimum absolute atomic E-state index is 0.492. The van der Waals surface area contributed by atoms with Gasteiger partial charge in [0.15, 0.2) is 23.3 Å². The van der Waals surface area contributed by atoms with Crippen LogP contribution < -0.4 is 0 Å². The molecule has 2 aromatic heterocycles. The Labute approximate surface area is 421 Å². The molecule has 354 valence electrons. The zero-order valence-corrected chi connectivity index (χ0v) is 42.5.